The van der Waals surface area contributed by atoms with Gasteiger partial charge in [0.05, 0.1) is 18.2 Å². The third kappa shape index (κ3) is 4.47. The Hall–Kier alpha value is -2.95. The van der Waals surface area contributed by atoms with Crippen molar-refractivity contribution >= 4 is 5.97 Å². The predicted molar refractivity (Wildman–Crippen MR) is 118 cm³/mol. The molecule has 0 aromatic heterocycles. The number of benzene rings is 2. The molecule has 1 saturated heterocycles. The lowest BCUT2D eigenvalue weighted by molar-refractivity contribution is 0.0535. The number of fused-ring (bicyclic) bond motifs is 1. The molecule has 0 amide bonds. The van der Waals surface area contributed by atoms with Gasteiger partial charge in [-0.1, -0.05) is 12.1 Å². The van der Waals surface area contributed by atoms with Crippen LogP contribution >= 0.6 is 0 Å². The first kappa shape index (κ1) is 22.3. The third-order valence-corrected chi connectivity index (χ3v) is 6.64. The lowest BCUT2D eigenvalue weighted by Gasteiger charge is -2.34. The minimum Gasteiger partial charge on any atom is -0.492 e. The summed E-state index contributed by atoms with van der Waals surface area (Å²) in [6.45, 7) is 8.06. The minimum atomic E-state index is -0.429. The summed E-state index contributed by atoms with van der Waals surface area (Å²) in [5.41, 5.74) is 4.99. The van der Waals surface area contributed by atoms with E-state index in [-0.39, 0.29) is 17.3 Å². The molecule has 0 radical (unpaired) electrons. The second-order valence-corrected chi connectivity index (χ2v) is 8.37. The van der Waals surface area contributed by atoms with E-state index in [2.05, 4.69) is 22.8 Å². The minimum absolute atomic E-state index is 0.0348. The van der Waals surface area contributed by atoms with Crippen molar-refractivity contribution < 1.29 is 18.7 Å². The van der Waals surface area contributed by atoms with Gasteiger partial charge in [0.1, 0.15) is 12.7 Å². The highest BCUT2D eigenvalue weighted by Gasteiger charge is 2.24. The van der Waals surface area contributed by atoms with Gasteiger partial charge < -0.3 is 19.3 Å². The van der Waals surface area contributed by atoms with Crippen LogP contribution in [0.15, 0.2) is 24.3 Å². The largest absolute Gasteiger partial charge is 0.492 e. The summed E-state index contributed by atoms with van der Waals surface area (Å²) in [6, 6.07) is 9.22. The van der Waals surface area contributed by atoms with Crippen LogP contribution in [0.1, 0.15) is 38.2 Å². The number of hydrogen-bond donors (Lipinski definition) is 0. The first-order chi connectivity index (χ1) is 15.5. The van der Waals surface area contributed by atoms with Gasteiger partial charge in [0.2, 0.25) is 0 Å². The summed E-state index contributed by atoms with van der Waals surface area (Å²) in [6.07, 6.45) is 1.53. The molecule has 32 heavy (non-hydrogen) atoms. The molecule has 7 heteroatoms. The standard InChI is InChI=1S/C25H28FN3O3/c1-17-18(5-6-21-22(17)16-32-25(21)30)7-9-28-11-13-29(14-12-28)10-8-19-3-4-20(15-27)24(31-2)23(19)26/h3-6H,7-14,16H2,1-2H3. The number of carbonyl (C=O) groups excluding carboxylic acids is 1. The van der Waals surface area contributed by atoms with E-state index in [0.29, 0.717) is 24.2 Å². The topological polar surface area (TPSA) is 65.8 Å². The Labute approximate surface area is 188 Å². The molecule has 0 bridgehead atoms. The SMILES string of the molecule is COc1c(C#N)ccc(CCN2CCN(CCc3ccc4c(c3C)COC4=O)CC2)c1F. The lowest BCUT2D eigenvalue weighted by Crippen LogP contribution is -2.47. The number of rotatable bonds is 7. The second kappa shape index (κ2) is 9.68. The zero-order valence-corrected chi connectivity index (χ0v) is 18.6. The molecule has 0 N–H and O–H groups in total. The van der Waals surface area contributed by atoms with Crippen LogP contribution in [0.3, 0.4) is 0 Å². The Bertz CT molecular complexity index is 1060. The monoisotopic (exact) mass is 437 g/mol. The number of cyclic esters (lactones) is 1. The Morgan fingerprint density at radius 2 is 1.69 bits per heavy atom. The van der Waals surface area contributed by atoms with Crippen LogP contribution in [0.5, 0.6) is 5.75 Å². The summed E-state index contributed by atoms with van der Waals surface area (Å²) in [5, 5.41) is 9.08. The number of methoxy groups -OCH3 is 1. The van der Waals surface area contributed by atoms with Crippen molar-refractivity contribution in [3.63, 3.8) is 0 Å². The fourth-order valence-electron chi connectivity index (χ4n) is 4.54. The molecule has 2 heterocycles. The van der Waals surface area contributed by atoms with Gasteiger partial charge in [-0.15, -0.1) is 0 Å². The molecule has 2 aromatic carbocycles. The molecule has 168 valence electrons. The van der Waals surface area contributed by atoms with Crippen LogP contribution in [0.4, 0.5) is 4.39 Å². The van der Waals surface area contributed by atoms with Crippen molar-refractivity contribution in [1.82, 2.24) is 9.80 Å². The predicted octanol–water partition coefficient (Wildman–Crippen LogP) is 3.09. The number of piperazine rings is 1. The third-order valence-electron chi connectivity index (χ3n) is 6.64. The van der Waals surface area contributed by atoms with Gasteiger partial charge in [-0.2, -0.15) is 5.26 Å². The Kier molecular flexibility index (Phi) is 6.73. The average Bonchev–Trinajstić information content (AvgIpc) is 3.19. The van der Waals surface area contributed by atoms with Gasteiger partial charge >= 0.3 is 5.97 Å². The van der Waals surface area contributed by atoms with Crippen molar-refractivity contribution in [2.75, 3.05) is 46.4 Å². The Morgan fingerprint density at radius 3 is 2.31 bits per heavy atom. The van der Waals surface area contributed by atoms with Crippen LogP contribution in [0, 0.1) is 24.1 Å². The molecule has 0 unspecified atom stereocenters. The maximum Gasteiger partial charge on any atom is 0.338 e. The summed E-state index contributed by atoms with van der Waals surface area (Å²) in [5.74, 6) is -0.611. The average molecular weight is 438 g/mol. The number of esters is 1. The van der Waals surface area contributed by atoms with Crippen molar-refractivity contribution in [2.24, 2.45) is 0 Å². The number of nitriles is 1. The Morgan fingerprint density at radius 1 is 1.06 bits per heavy atom. The van der Waals surface area contributed by atoms with Crippen LogP contribution < -0.4 is 4.74 Å². The van der Waals surface area contributed by atoms with Gasteiger partial charge in [0.15, 0.2) is 11.6 Å². The van der Waals surface area contributed by atoms with Gasteiger partial charge in [0, 0.05) is 44.8 Å². The van der Waals surface area contributed by atoms with E-state index in [1.807, 2.05) is 12.1 Å². The number of carbonyl (C=O) groups is 1. The molecule has 4 rings (SSSR count). The van der Waals surface area contributed by atoms with Crippen molar-refractivity contribution in [3.05, 3.63) is 63.5 Å². The first-order valence-corrected chi connectivity index (χ1v) is 11.0. The number of halogens is 1. The maximum atomic E-state index is 14.6. The molecule has 1 fully saturated rings. The normalized spacial score (nSPS) is 16.5. The molecule has 2 aliphatic heterocycles. The molecule has 2 aliphatic rings. The zero-order valence-electron chi connectivity index (χ0n) is 18.6. The van der Waals surface area contributed by atoms with Gasteiger partial charge in [0.25, 0.3) is 0 Å². The number of nitrogens with zero attached hydrogens (tertiary/aromatic N) is 3. The van der Waals surface area contributed by atoms with E-state index >= 15 is 0 Å². The van der Waals surface area contributed by atoms with Crippen LogP contribution in [-0.4, -0.2) is 62.1 Å². The van der Waals surface area contributed by atoms with E-state index in [9.17, 15) is 9.18 Å². The summed E-state index contributed by atoms with van der Waals surface area (Å²) >= 11 is 0. The highest BCUT2D eigenvalue weighted by molar-refractivity contribution is 5.93. The number of hydrogen-bond acceptors (Lipinski definition) is 6. The van der Waals surface area contributed by atoms with E-state index in [0.717, 1.165) is 51.3 Å². The van der Waals surface area contributed by atoms with Crippen molar-refractivity contribution in [2.45, 2.75) is 26.4 Å². The van der Waals surface area contributed by atoms with Crippen LogP contribution in [0.2, 0.25) is 0 Å². The molecule has 0 saturated carbocycles. The molecule has 6 nitrogen and oxygen atoms in total. The van der Waals surface area contributed by atoms with Crippen molar-refractivity contribution in [1.29, 1.82) is 5.26 Å². The van der Waals surface area contributed by atoms with E-state index in [4.69, 9.17) is 14.7 Å². The maximum absolute atomic E-state index is 14.6. The smallest absolute Gasteiger partial charge is 0.338 e. The van der Waals surface area contributed by atoms with E-state index in [1.165, 1.54) is 18.2 Å². The van der Waals surface area contributed by atoms with Crippen LogP contribution in [0.25, 0.3) is 0 Å². The lowest BCUT2D eigenvalue weighted by atomic mass is 9.96. The molecular weight excluding hydrogens is 409 g/mol. The molecule has 0 atom stereocenters. The molecule has 0 aliphatic carbocycles. The van der Waals surface area contributed by atoms with Crippen molar-refractivity contribution in [3.8, 4) is 11.8 Å². The number of ether oxygens (including phenoxy) is 2. The molecular formula is C25H28FN3O3. The summed E-state index contributed by atoms with van der Waals surface area (Å²) in [7, 11) is 1.39. The van der Waals surface area contributed by atoms with Gasteiger partial charge in [-0.3, -0.25) is 0 Å². The van der Waals surface area contributed by atoms with Gasteiger partial charge in [-0.05, 0) is 48.6 Å². The van der Waals surface area contributed by atoms with Gasteiger partial charge in [-0.25, -0.2) is 9.18 Å². The fourth-order valence-corrected chi connectivity index (χ4v) is 4.54. The summed E-state index contributed by atoms with van der Waals surface area (Å²) in [4.78, 5) is 16.5. The van der Waals surface area contributed by atoms with Crippen LogP contribution in [-0.2, 0) is 24.2 Å². The molecule has 0 spiro atoms. The van der Waals surface area contributed by atoms with E-state index in [1.54, 1.807) is 12.1 Å². The quantitative estimate of drug-likeness (QED) is 0.621. The zero-order chi connectivity index (χ0) is 22.7. The fraction of sp³-hybridized carbons (Fsp3) is 0.440. The van der Waals surface area contributed by atoms with E-state index < -0.39 is 5.82 Å². The highest BCUT2D eigenvalue weighted by Crippen LogP contribution is 2.27. The second-order valence-electron chi connectivity index (χ2n) is 8.37. The Balaban J connectivity index is 1.26. The highest BCUT2D eigenvalue weighted by atomic mass is 19.1. The summed E-state index contributed by atoms with van der Waals surface area (Å²) < 4.78 is 24.8. The molecule has 2 aromatic rings. The first-order valence-electron chi connectivity index (χ1n) is 11.0.